The van der Waals surface area contributed by atoms with Gasteiger partial charge in [-0.3, -0.25) is 4.79 Å². The van der Waals surface area contributed by atoms with E-state index in [1.165, 1.54) is 12.1 Å². The minimum atomic E-state index is -4.51. The van der Waals surface area contributed by atoms with Gasteiger partial charge in [-0.1, -0.05) is 62.0 Å². The summed E-state index contributed by atoms with van der Waals surface area (Å²) in [6.07, 6.45) is -1.44. The lowest BCUT2D eigenvalue weighted by Gasteiger charge is -2.26. The van der Waals surface area contributed by atoms with Gasteiger partial charge in [0, 0.05) is 22.5 Å². The standard InChI is InChI=1S/C27H29Cl2F3N2O2/c1-3-5-11-34(12-6-4-2)16-24(35)20-15-23(33-25-21(20)13-19(28)14-22(25)29)26(36)17-7-9-18(10-8-17)27(30,31)32/h7-10,13-15,24,35H,3-6,11-12,16H2,1-2H3. The zero-order chi connectivity index (χ0) is 26.5. The largest absolute Gasteiger partial charge is 0.416 e. The lowest BCUT2D eigenvalue weighted by atomic mass is 9.98. The SMILES string of the molecule is CCCCN(CCCC)CC(O)c1cc(C(=O)c2ccc(C(F)(F)F)cc2)nc2c(Cl)cc(Cl)cc12. The second-order valence-corrected chi connectivity index (χ2v) is 9.65. The molecule has 9 heteroatoms. The predicted molar refractivity (Wildman–Crippen MR) is 138 cm³/mol. The number of unbranched alkanes of at least 4 members (excludes halogenated alkanes) is 2. The summed E-state index contributed by atoms with van der Waals surface area (Å²) in [5, 5.41) is 12.4. The fourth-order valence-electron chi connectivity index (χ4n) is 4.03. The second-order valence-electron chi connectivity index (χ2n) is 8.81. The molecule has 3 rings (SSSR count). The number of benzene rings is 2. The highest BCUT2D eigenvalue weighted by molar-refractivity contribution is 6.38. The molecule has 36 heavy (non-hydrogen) atoms. The normalized spacial score (nSPS) is 12.9. The van der Waals surface area contributed by atoms with E-state index in [1.54, 1.807) is 6.07 Å². The molecular weight excluding hydrogens is 512 g/mol. The van der Waals surface area contributed by atoms with E-state index in [0.29, 0.717) is 28.0 Å². The fraction of sp³-hybridized carbons (Fsp3) is 0.407. The highest BCUT2D eigenvalue weighted by atomic mass is 35.5. The van der Waals surface area contributed by atoms with Crippen LogP contribution in [0, 0.1) is 0 Å². The molecule has 1 heterocycles. The highest BCUT2D eigenvalue weighted by Gasteiger charge is 2.30. The van der Waals surface area contributed by atoms with Crippen molar-refractivity contribution in [2.45, 2.75) is 51.8 Å². The van der Waals surface area contributed by atoms with Gasteiger partial charge in [-0.25, -0.2) is 4.98 Å². The highest BCUT2D eigenvalue weighted by Crippen LogP contribution is 2.34. The average molecular weight is 541 g/mol. The second kappa shape index (κ2) is 12.4. The van der Waals surface area contributed by atoms with E-state index >= 15 is 0 Å². The monoisotopic (exact) mass is 540 g/mol. The van der Waals surface area contributed by atoms with Crippen molar-refractivity contribution in [3.05, 3.63) is 74.9 Å². The summed E-state index contributed by atoms with van der Waals surface area (Å²) in [4.78, 5) is 19.8. The van der Waals surface area contributed by atoms with Gasteiger partial charge >= 0.3 is 6.18 Å². The first-order chi connectivity index (χ1) is 17.0. The molecule has 0 spiro atoms. The first-order valence-electron chi connectivity index (χ1n) is 12.0. The van der Waals surface area contributed by atoms with Crippen LogP contribution in [0.15, 0.2) is 42.5 Å². The smallest absolute Gasteiger partial charge is 0.387 e. The van der Waals surface area contributed by atoms with Crippen LogP contribution in [0.5, 0.6) is 0 Å². The van der Waals surface area contributed by atoms with Crippen molar-refractivity contribution in [2.24, 2.45) is 0 Å². The number of fused-ring (bicyclic) bond motifs is 1. The van der Waals surface area contributed by atoms with Gasteiger partial charge in [0.2, 0.25) is 5.78 Å². The van der Waals surface area contributed by atoms with Crippen molar-refractivity contribution in [1.29, 1.82) is 0 Å². The Morgan fingerprint density at radius 1 is 1.03 bits per heavy atom. The van der Waals surface area contributed by atoms with Crippen molar-refractivity contribution in [3.8, 4) is 0 Å². The van der Waals surface area contributed by atoms with Crippen molar-refractivity contribution in [2.75, 3.05) is 19.6 Å². The minimum absolute atomic E-state index is 0.0193. The number of alkyl halides is 3. The summed E-state index contributed by atoms with van der Waals surface area (Å²) in [6, 6.07) is 8.57. The molecular formula is C27H29Cl2F3N2O2. The molecule has 0 aliphatic rings. The Kier molecular flexibility index (Phi) is 9.75. The first-order valence-corrected chi connectivity index (χ1v) is 12.7. The van der Waals surface area contributed by atoms with Gasteiger partial charge < -0.3 is 10.0 Å². The number of carbonyl (C=O) groups is 1. The zero-order valence-corrected chi connectivity index (χ0v) is 21.7. The van der Waals surface area contributed by atoms with Crippen LogP contribution in [0.25, 0.3) is 10.9 Å². The summed E-state index contributed by atoms with van der Waals surface area (Å²) < 4.78 is 38.8. The van der Waals surface area contributed by atoms with Crippen LogP contribution in [-0.4, -0.2) is 40.4 Å². The van der Waals surface area contributed by atoms with Gasteiger partial charge in [-0.15, -0.1) is 0 Å². The van der Waals surface area contributed by atoms with Gasteiger partial charge in [-0.05, 0) is 61.8 Å². The lowest BCUT2D eigenvalue weighted by Crippen LogP contribution is -2.31. The molecule has 1 atom stereocenters. The van der Waals surface area contributed by atoms with E-state index in [1.807, 2.05) is 0 Å². The van der Waals surface area contributed by atoms with Crippen LogP contribution < -0.4 is 0 Å². The first kappa shape index (κ1) is 28.4. The molecule has 0 saturated heterocycles. The maximum Gasteiger partial charge on any atom is 0.416 e. The number of pyridine rings is 1. The van der Waals surface area contributed by atoms with E-state index in [-0.39, 0.29) is 16.3 Å². The Morgan fingerprint density at radius 2 is 1.64 bits per heavy atom. The number of halogens is 5. The Bertz CT molecular complexity index is 1190. The lowest BCUT2D eigenvalue weighted by molar-refractivity contribution is -0.137. The molecule has 194 valence electrons. The van der Waals surface area contributed by atoms with Crippen molar-refractivity contribution in [1.82, 2.24) is 9.88 Å². The van der Waals surface area contributed by atoms with Crippen LogP contribution in [0.3, 0.4) is 0 Å². The number of carbonyl (C=O) groups excluding carboxylic acids is 1. The third-order valence-corrected chi connectivity index (χ3v) is 6.52. The number of aliphatic hydroxyl groups is 1. The van der Waals surface area contributed by atoms with Gasteiger partial charge in [0.05, 0.1) is 22.2 Å². The maximum absolute atomic E-state index is 13.2. The molecule has 1 unspecified atom stereocenters. The molecule has 1 aromatic heterocycles. The van der Waals surface area contributed by atoms with Crippen LogP contribution in [0.2, 0.25) is 10.0 Å². The number of aliphatic hydroxyl groups excluding tert-OH is 1. The number of hydrogen-bond donors (Lipinski definition) is 1. The van der Waals surface area contributed by atoms with Crippen LogP contribution in [0.4, 0.5) is 13.2 Å². The van der Waals surface area contributed by atoms with Crippen LogP contribution in [0.1, 0.15) is 72.8 Å². The molecule has 0 bridgehead atoms. The molecule has 0 radical (unpaired) electrons. The molecule has 0 fully saturated rings. The van der Waals surface area contributed by atoms with Gasteiger partial charge in [0.15, 0.2) is 0 Å². The fourth-order valence-corrected chi connectivity index (χ4v) is 4.56. The van der Waals surface area contributed by atoms with Gasteiger partial charge in [0.25, 0.3) is 0 Å². The Hall–Kier alpha value is -2.19. The summed E-state index contributed by atoms with van der Waals surface area (Å²) in [7, 11) is 0. The number of rotatable bonds is 11. The molecule has 0 saturated carbocycles. The number of aromatic nitrogens is 1. The topological polar surface area (TPSA) is 53.4 Å². The third-order valence-electron chi connectivity index (χ3n) is 6.02. The molecule has 0 aliphatic heterocycles. The average Bonchev–Trinajstić information content (AvgIpc) is 2.84. The third kappa shape index (κ3) is 6.97. The van der Waals surface area contributed by atoms with Crippen molar-refractivity contribution < 1.29 is 23.1 Å². The van der Waals surface area contributed by atoms with Crippen molar-refractivity contribution >= 4 is 39.9 Å². The van der Waals surface area contributed by atoms with Crippen molar-refractivity contribution in [3.63, 3.8) is 0 Å². The Balaban J connectivity index is 2.03. The van der Waals surface area contributed by atoms with E-state index in [0.717, 1.165) is 63.0 Å². The number of nitrogens with zero attached hydrogens (tertiary/aromatic N) is 2. The summed E-state index contributed by atoms with van der Waals surface area (Å²) in [5.41, 5.74) is -0.0835. The quantitative estimate of drug-likeness (QED) is 0.253. The maximum atomic E-state index is 13.2. The van der Waals surface area contributed by atoms with E-state index in [9.17, 15) is 23.1 Å². The predicted octanol–water partition coefficient (Wildman–Crippen LogP) is 7.73. The molecule has 4 nitrogen and oxygen atoms in total. The molecule has 2 aromatic carbocycles. The number of hydrogen-bond acceptors (Lipinski definition) is 4. The summed E-state index contributed by atoms with van der Waals surface area (Å²) in [5.74, 6) is -0.570. The van der Waals surface area contributed by atoms with Gasteiger partial charge in [-0.2, -0.15) is 13.2 Å². The van der Waals surface area contributed by atoms with E-state index in [4.69, 9.17) is 23.2 Å². The van der Waals surface area contributed by atoms with E-state index < -0.39 is 23.6 Å². The van der Waals surface area contributed by atoms with Crippen LogP contribution >= 0.6 is 23.2 Å². The summed E-state index contributed by atoms with van der Waals surface area (Å²) >= 11 is 12.6. The molecule has 0 amide bonds. The van der Waals surface area contributed by atoms with Gasteiger partial charge in [0.1, 0.15) is 5.69 Å². The molecule has 3 aromatic rings. The zero-order valence-electron chi connectivity index (χ0n) is 20.2. The molecule has 0 aliphatic carbocycles. The van der Waals surface area contributed by atoms with E-state index in [2.05, 4.69) is 23.7 Å². The Morgan fingerprint density at radius 3 is 2.19 bits per heavy atom. The summed E-state index contributed by atoms with van der Waals surface area (Å²) in [6.45, 7) is 6.21. The Labute approximate surface area is 219 Å². The number of ketones is 1. The molecule has 1 N–H and O–H groups in total. The minimum Gasteiger partial charge on any atom is -0.387 e. The van der Waals surface area contributed by atoms with Crippen LogP contribution in [-0.2, 0) is 6.18 Å².